The van der Waals surface area contributed by atoms with Crippen LogP contribution in [0.2, 0.25) is 0 Å². The van der Waals surface area contributed by atoms with E-state index >= 15 is 0 Å². The van der Waals surface area contributed by atoms with Gasteiger partial charge in [0.1, 0.15) is 24.5 Å². The van der Waals surface area contributed by atoms with Gasteiger partial charge in [0, 0.05) is 23.7 Å². The van der Waals surface area contributed by atoms with E-state index < -0.39 is 11.8 Å². The molecule has 0 radical (unpaired) electrons. The van der Waals surface area contributed by atoms with Crippen molar-refractivity contribution in [2.75, 3.05) is 11.6 Å². The number of anilines is 2. The molecule has 32 heavy (non-hydrogen) atoms. The number of rotatable bonds is 8. The molecule has 4 aromatic rings. The molecule has 4 rings (SSSR count). The first-order valence-corrected chi connectivity index (χ1v) is 11.1. The highest BCUT2D eigenvalue weighted by Crippen LogP contribution is 2.30. The zero-order valence-electron chi connectivity index (χ0n) is 17.1. The Kier molecular flexibility index (Phi) is 6.86. The predicted molar refractivity (Wildman–Crippen MR) is 121 cm³/mol. The van der Waals surface area contributed by atoms with Gasteiger partial charge in [-0.3, -0.25) is 0 Å². The standard InChI is InChI=1S/C23H19F2N5OS/c1-32-13-16-3-2-4-18(9-16)29-23-28-14-27-22(30-23)19-6-5-17(24)11-20(19)31-12-15-7-8-26-21(25)10-15/h2-11,14H,12-13H2,1H3,(H,27,28,29,30). The third-order valence-electron chi connectivity index (χ3n) is 4.44. The van der Waals surface area contributed by atoms with Crippen molar-refractivity contribution < 1.29 is 13.5 Å². The van der Waals surface area contributed by atoms with Crippen molar-refractivity contribution >= 4 is 23.4 Å². The van der Waals surface area contributed by atoms with Gasteiger partial charge in [-0.1, -0.05) is 12.1 Å². The first kappa shape index (κ1) is 21.6. The molecular formula is C23H19F2N5OS. The zero-order chi connectivity index (χ0) is 22.3. The van der Waals surface area contributed by atoms with Crippen LogP contribution in [0.3, 0.4) is 0 Å². The zero-order valence-corrected chi connectivity index (χ0v) is 17.9. The summed E-state index contributed by atoms with van der Waals surface area (Å²) in [6.45, 7) is 0.0360. The Labute approximate surface area is 188 Å². The maximum absolute atomic E-state index is 13.9. The molecule has 2 aromatic carbocycles. The summed E-state index contributed by atoms with van der Waals surface area (Å²) < 4.78 is 33.0. The number of benzene rings is 2. The fourth-order valence-corrected chi connectivity index (χ4v) is 3.53. The molecule has 6 nitrogen and oxygen atoms in total. The second-order valence-electron chi connectivity index (χ2n) is 6.81. The van der Waals surface area contributed by atoms with Gasteiger partial charge in [-0.15, -0.1) is 0 Å². The summed E-state index contributed by atoms with van der Waals surface area (Å²) in [7, 11) is 0. The van der Waals surface area contributed by atoms with Crippen LogP contribution in [0.25, 0.3) is 11.4 Å². The topological polar surface area (TPSA) is 72.8 Å². The molecule has 0 fully saturated rings. The second kappa shape index (κ2) is 10.1. The van der Waals surface area contributed by atoms with Crippen LogP contribution < -0.4 is 10.1 Å². The molecule has 0 aliphatic rings. The minimum atomic E-state index is -0.611. The Bertz CT molecular complexity index is 1220. The van der Waals surface area contributed by atoms with Gasteiger partial charge in [0.05, 0.1) is 5.56 Å². The molecule has 0 saturated heterocycles. The van der Waals surface area contributed by atoms with E-state index in [1.165, 1.54) is 42.4 Å². The van der Waals surface area contributed by atoms with Gasteiger partial charge in [0.25, 0.3) is 0 Å². The molecule has 0 saturated carbocycles. The van der Waals surface area contributed by atoms with E-state index in [9.17, 15) is 8.78 Å². The van der Waals surface area contributed by atoms with E-state index in [2.05, 4.69) is 31.3 Å². The predicted octanol–water partition coefficient (Wildman–Crippen LogP) is 5.40. The van der Waals surface area contributed by atoms with Crippen molar-refractivity contribution in [3.8, 4) is 17.1 Å². The molecule has 0 aliphatic carbocycles. The fraction of sp³-hybridized carbons (Fsp3) is 0.130. The largest absolute Gasteiger partial charge is 0.488 e. The average molecular weight is 452 g/mol. The van der Waals surface area contributed by atoms with Crippen LogP contribution in [0.15, 0.2) is 67.1 Å². The molecular weight excluding hydrogens is 432 g/mol. The number of hydrogen-bond acceptors (Lipinski definition) is 7. The Morgan fingerprint density at radius 3 is 2.72 bits per heavy atom. The molecule has 0 aliphatic heterocycles. The van der Waals surface area contributed by atoms with Crippen molar-refractivity contribution in [3.63, 3.8) is 0 Å². The lowest BCUT2D eigenvalue weighted by atomic mass is 10.2. The van der Waals surface area contributed by atoms with E-state index in [0.717, 1.165) is 11.4 Å². The molecule has 2 aromatic heterocycles. The lowest BCUT2D eigenvalue weighted by Crippen LogP contribution is -2.03. The molecule has 2 heterocycles. The Hall–Kier alpha value is -3.59. The number of hydrogen-bond donors (Lipinski definition) is 1. The molecule has 0 unspecified atom stereocenters. The van der Waals surface area contributed by atoms with Crippen LogP contribution >= 0.6 is 11.8 Å². The van der Waals surface area contributed by atoms with Gasteiger partial charge < -0.3 is 10.1 Å². The minimum absolute atomic E-state index is 0.0360. The highest BCUT2D eigenvalue weighted by atomic mass is 32.2. The van der Waals surface area contributed by atoms with Crippen LogP contribution in [0.5, 0.6) is 5.75 Å². The van der Waals surface area contributed by atoms with Gasteiger partial charge in [0.2, 0.25) is 11.9 Å². The summed E-state index contributed by atoms with van der Waals surface area (Å²) in [6.07, 6.45) is 4.77. The molecule has 0 atom stereocenters. The number of halogens is 2. The summed E-state index contributed by atoms with van der Waals surface area (Å²) in [5, 5.41) is 3.17. The number of ether oxygens (including phenoxy) is 1. The summed E-state index contributed by atoms with van der Waals surface area (Å²) in [5.74, 6) is 0.723. The first-order chi connectivity index (χ1) is 15.6. The summed E-state index contributed by atoms with van der Waals surface area (Å²) in [5.41, 5.74) is 3.08. The van der Waals surface area contributed by atoms with Crippen molar-refractivity contribution in [2.45, 2.75) is 12.4 Å². The van der Waals surface area contributed by atoms with Gasteiger partial charge in [-0.2, -0.15) is 21.1 Å². The Morgan fingerprint density at radius 1 is 0.969 bits per heavy atom. The quantitative estimate of drug-likeness (QED) is 0.360. The lowest BCUT2D eigenvalue weighted by molar-refractivity contribution is 0.304. The summed E-state index contributed by atoms with van der Waals surface area (Å²) in [4.78, 5) is 16.4. The van der Waals surface area contributed by atoms with Gasteiger partial charge in [-0.05, 0) is 53.8 Å². The van der Waals surface area contributed by atoms with E-state index in [1.807, 2.05) is 24.5 Å². The Morgan fingerprint density at radius 2 is 1.88 bits per heavy atom. The molecule has 0 bridgehead atoms. The summed E-state index contributed by atoms with van der Waals surface area (Å²) >= 11 is 1.74. The van der Waals surface area contributed by atoms with E-state index in [1.54, 1.807) is 17.8 Å². The highest BCUT2D eigenvalue weighted by molar-refractivity contribution is 7.97. The van der Waals surface area contributed by atoms with Crippen LogP contribution in [0, 0.1) is 11.8 Å². The minimum Gasteiger partial charge on any atom is -0.488 e. The smallest absolute Gasteiger partial charge is 0.230 e. The van der Waals surface area contributed by atoms with Crippen molar-refractivity contribution in [3.05, 3.63) is 90.0 Å². The van der Waals surface area contributed by atoms with Gasteiger partial charge in [0.15, 0.2) is 5.82 Å². The van der Waals surface area contributed by atoms with Crippen LogP contribution in [0.1, 0.15) is 11.1 Å². The second-order valence-corrected chi connectivity index (χ2v) is 7.67. The number of thioether (sulfide) groups is 1. The van der Waals surface area contributed by atoms with E-state index in [4.69, 9.17) is 4.74 Å². The van der Waals surface area contributed by atoms with Crippen molar-refractivity contribution in [2.24, 2.45) is 0 Å². The Balaban J connectivity index is 1.58. The lowest BCUT2D eigenvalue weighted by Gasteiger charge is -2.12. The van der Waals surface area contributed by atoms with Gasteiger partial charge >= 0.3 is 0 Å². The van der Waals surface area contributed by atoms with Crippen LogP contribution in [-0.2, 0) is 12.4 Å². The SMILES string of the molecule is CSCc1cccc(Nc2ncnc(-c3ccc(F)cc3OCc3ccnc(F)c3)n2)c1. The number of aromatic nitrogens is 4. The first-order valence-electron chi connectivity index (χ1n) is 9.68. The average Bonchev–Trinajstić information content (AvgIpc) is 2.78. The maximum Gasteiger partial charge on any atom is 0.230 e. The molecule has 9 heteroatoms. The van der Waals surface area contributed by atoms with Crippen LogP contribution in [-0.4, -0.2) is 26.2 Å². The third kappa shape index (κ3) is 5.55. The monoisotopic (exact) mass is 451 g/mol. The number of nitrogens with one attached hydrogen (secondary N) is 1. The van der Waals surface area contributed by atoms with E-state index in [0.29, 0.717) is 22.9 Å². The highest BCUT2D eigenvalue weighted by Gasteiger charge is 2.13. The van der Waals surface area contributed by atoms with Crippen molar-refractivity contribution in [1.29, 1.82) is 0 Å². The third-order valence-corrected chi connectivity index (χ3v) is 5.06. The molecule has 0 amide bonds. The summed E-state index contributed by atoms with van der Waals surface area (Å²) in [6, 6.07) is 14.9. The van der Waals surface area contributed by atoms with Gasteiger partial charge in [-0.25, -0.2) is 19.3 Å². The van der Waals surface area contributed by atoms with Crippen molar-refractivity contribution in [1.82, 2.24) is 19.9 Å². The number of nitrogens with zero attached hydrogens (tertiary/aromatic N) is 4. The number of pyridine rings is 1. The maximum atomic E-state index is 13.9. The van der Waals surface area contributed by atoms with Crippen LogP contribution in [0.4, 0.5) is 20.4 Å². The molecule has 1 N–H and O–H groups in total. The molecule has 162 valence electrons. The van der Waals surface area contributed by atoms with E-state index in [-0.39, 0.29) is 12.4 Å². The molecule has 0 spiro atoms. The fourth-order valence-electron chi connectivity index (χ4n) is 3.01. The normalized spacial score (nSPS) is 10.7.